The van der Waals surface area contributed by atoms with Crippen molar-refractivity contribution in [1.82, 2.24) is 0 Å². The SMILES string of the molecule is C/C=C/C=C/C1CCC(c2ccc(F)cc2)CC1. The first-order valence-corrected chi connectivity index (χ1v) is 6.84. The van der Waals surface area contributed by atoms with Crippen LogP contribution in [0.15, 0.2) is 48.6 Å². The van der Waals surface area contributed by atoms with Gasteiger partial charge >= 0.3 is 0 Å². The maximum Gasteiger partial charge on any atom is 0.123 e. The fourth-order valence-electron chi connectivity index (χ4n) is 2.71. The number of halogens is 1. The molecule has 1 aliphatic carbocycles. The van der Waals surface area contributed by atoms with Gasteiger partial charge in [0.2, 0.25) is 0 Å². The van der Waals surface area contributed by atoms with Gasteiger partial charge in [0.15, 0.2) is 0 Å². The zero-order chi connectivity index (χ0) is 12.8. The van der Waals surface area contributed by atoms with E-state index in [-0.39, 0.29) is 5.82 Å². The van der Waals surface area contributed by atoms with Crippen LogP contribution in [0, 0.1) is 11.7 Å². The Balaban J connectivity index is 1.88. The van der Waals surface area contributed by atoms with Gasteiger partial charge in [-0.3, -0.25) is 0 Å². The first-order valence-electron chi connectivity index (χ1n) is 6.84. The van der Waals surface area contributed by atoms with Crippen molar-refractivity contribution in [2.75, 3.05) is 0 Å². The summed E-state index contributed by atoms with van der Waals surface area (Å²) in [5, 5.41) is 0. The van der Waals surface area contributed by atoms with E-state index in [0.717, 1.165) is 5.92 Å². The van der Waals surface area contributed by atoms with Crippen molar-refractivity contribution >= 4 is 0 Å². The minimum atomic E-state index is -0.137. The average molecular weight is 244 g/mol. The number of hydrogen-bond donors (Lipinski definition) is 0. The Labute approximate surface area is 109 Å². The standard InChI is InChI=1S/C17H21F/c1-2-3-4-5-14-6-8-15(9-7-14)16-10-12-17(18)13-11-16/h2-5,10-15H,6-9H2,1H3/b3-2+,5-4+. The van der Waals surface area contributed by atoms with Gasteiger partial charge in [0, 0.05) is 0 Å². The van der Waals surface area contributed by atoms with E-state index in [1.807, 2.05) is 19.1 Å². The predicted molar refractivity (Wildman–Crippen MR) is 75.1 cm³/mol. The summed E-state index contributed by atoms with van der Waals surface area (Å²) < 4.78 is 12.9. The van der Waals surface area contributed by atoms with E-state index in [0.29, 0.717) is 5.92 Å². The second-order valence-electron chi connectivity index (χ2n) is 5.07. The van der Waals surface area contributed by atoms with Gasteiger partial charge in [-0.25, -0.2) is 4.39 Å². The molecule has 0 unspecified atom stereocenters. The molecule has 1 fully saturated rings. The monoisotopic (exact) mass is 244 g/mol. The van der Waals surface area contributed by atoms with Crippen LogP contribution in [0.1, 0.15) is 44.1 Å². The molecule has 1 aliphatic rings. The maximum absolute atomic E-state index is 12.9. The Morgan fingerprint density at radius 2 is 1.67 bits per heavy atom. The Kier molecular flexibility index (Phi) is 4.74. The Hall–Kier alpha value is -1.37. The normalized spacial score (nSPS) is 25.0. The number of hydrogen-bond acceptors (Lipinski definition) is 0. The fraction of sp³-hybridized carbons (Fsp3) is 0.412. The van der Waals surface area contributed by atoms with Gasteiger partial charge in [-0.2, -0.15) is 0 Å². The van der Waals surface area contributed by atoms with Crippen LogP contribution in [-0.4, -0.2) is 0 Å². The number of benzene rings is 1. The summed E-state index contributed by atoms with van der Waals surface area (Å²) in [4.78, 5) is 0. The molecule has 1 heteroatoms. The van der Waals surface area contributed by atoms with Crippen molar-refractivity contribution in [3.05, 3.63) is 60.0 Å². The van der Waals surface area contributed by atoms with Gasteiger partial charge in [-0.05, 0) is 62.1 Å². The molecular weight excluding hydrogens is 223 g/mol. The highest BCUT2D eigenvalue weighted by molar-refractivity contribution is 5.21. The Morgan fingerprint density at radius 1 is 1.00 bits per heavy atom. The summed E-state index contributed by atoms with van der Waals surface area (Å²) in [7, 11) is 0. The molecule has 0 atom stereocenters. The quantitative estimate of drug-likeness (QED) is 0.638. The van der Waals surface area contributed by atoms with Crippen molar-refractivity contribution in [2.24, 2.45) is 5.92 Å². The Morgan fingerprint density at radius 3 is 2.28 bits per heavy atom. The molecule has 0 N–H and O–H groups in total. The fourth-order valence-corrected chi connectivity index (χ4v) is 2.71. The van der Waals surface area contributed by atoms with Gasteiger partial charge in [0.1, 0.15) is 5.82 Å². The lowest BCUT2D eigenvalue weighted by molar-refractivity contribution is 0.375. The van der Waals surface area contributed by atoms with Crippen LogP contribution in [0.4, 0.5) is 4.39 Å². The summed E-state index contributed by atoms with van der Waals surface area (Å²) in [5.41, 5.74) is 1.30. The van der Waals surface area contributed by atoms with E-state index < -0.39 is 0 Å². The largest absolute Gasteiger partial charge is 0.207 e. The van der Waals surface area contributed by atoms with Crippen molar-refractivity contribution in [1.29, 1.82) is 0 Å². The topological polar surface area (TPSA) is 0 Å². The van der Waals surface area contributed by atoms with E-state index >= 15 is 0 Å². The molecule has 96 valence electrons. The van der Waals surface area contributed by atoms with E-state index in [4.69, 9.17) is 0 Å². The lowest BCUT2D eigenvalue weighted by Gasteiger charge is -2.27. The maximum atomic E-state index is 12.9. The zero-order valence-electron chi connectivity index (χ0n) is 11.0. The minimum Gasteiger partial charge on any atom is -0.207 e. The van der Waals surface area contributed by atoms with Crippen molar-refractivity contribution < 1.29 is 4.39 Å². The molecule has 0 aromatic heterocycles. The third-order valence-corrected chi connectivity index (χ3v) is 3.80. The second kappa shape index (κ2) is 6.53. The van der Waals surface area contributed by atoms with E-state index in [2.05, 4.69) is 24.3 Å². The van der Waals surface area contributed by atoms with Crippen LogP contribution >= 0.6 is 0 Å². The lowest BCUT2D eigenvalue weighted by Crippen LogP contribution is -2.11. The first kappa shape index (κ1) is 13.1. The van der Waals surface area contributed by atoms with Crippen LogP contribution in [-0.2, 0) is 0 Å². The summed E-state index contributed by atoms with van der Waals surface area (Å²) in [6.07, 6.45) is 13.6. The van der Waals surface area contributed by atoms with Gasteiger partial charge in [-0.1, -0.05) is 36.4 Å². The molecule has 0 aliphatic heterocycles. The zero-order valence-corrected chi connectivity index (χ0v) is 11.0. The van der Waals surface area contributed by atoms with Crippen molar-refractivity contribution in [2.45, 2.75) is 38.5 Å². The minimum absolute atomic E-state index is 0.137. The molecule has 0 radical (unpaired) electrons. The molecule has 1 aromatic carbocycles. The molecule has 0 spiro atoms. The highest BCUT2D eigenvalue weighted by Gasteiger charge is 2.20. The lowest BCUT2D eigenvalue weighted by atomic mass is 9.78. The Bertz CT molecular complexity index is 406. The molecule has 0 heterocycles. The summed E-state index contributed by atoms with van der Waals surface area (Å²) in [6, 6.07) is 7.03. The molecule has 2 rings (SSSR count). The van der Waals surface area contributed by atoms with E-state index in [9.17, 15) is 4.39 Å². The van der Waals surface area contributed by atoms with Gasteiger partial charge in [0.25, 0.3) is 0 Å². The molecule has 0 amide bonds. The van der Waals surface area contributed by atoms with E-state index in [1.165, 1.54) is 31.2 Å². The molecule has 0 saturated heterocycles. The second-order valence-corrected chi connectivity index (χ2v) is 5.07. The van der Waals surface area contributed by atoms with Gasteiger partial charge in [-0.15, -0.1) is 0 Å². The van der Waals surface area contributed by atoms with Gasteiger partial charge in [0.05, 0.1) is 0 Å². The predicted octanol–water partition coefficient (Wildman–Crippen LogP) is 5.23. The van der Waals surface area contributed by atoms with Crippen LogP contribution in [0.5, 0.6) is 0 Å². The van der Waals surface area contributed by atoms with E-state index in [1.54, 1.807) is 12.1 Å². The van der Waals surface area contributed by atoms with Crippen LogP contribution < -0.4 is 0 Å². The highest BCUT2D eigenvalue weighted by atomic mass is 19.1. The van der Waals surface area contributed by atoms with Crippen molar-refractivity contribution in [3.8, 4) is 0 Å². The number of rotatable bonds is 3. The summed E-state index contributed by atoms with van der Waals surface area (Å²) in [5.74, 6) is 1.21. The first-order chi connectivity index (χ1) is 8.79. The molecule has 1 saturated carbocycles. The summed E-state index contributed by atoms with van der Waals surface area (Å²) >= 11 is 0. The number of allylic oxidation sites excluding steroid dienone is 4. The molecule has 18 heavy (non-hydrogen) atoms. The highest BCUT2D eigenvalue weighted by Crippen LogP contribution is 2.36. The van der Waals surface area contributed by atoms with Crippen LogP contribution in [0.3, 0.4) is 0 Å². The van der Waals surface area contributed by atoms with Crippen LogP contribution in [0.2, 0.25) is 0 Å². The van der Waals surface area contributed by atoms with Crippen molar-refractivity contribution in [3.63, 3.8) is 0 Å². The molecule has 1 aromatic rings. The third kappa shape index (κ3) is 3.56. The molecule has 0 bridgehead atoms. The third-order valence-electron chi connectivity index (χ3n) is 3.80. The van der Waals surface area contributed by atoms with Gasteiger partial charge < -0.3 is 0 Å². The summed E-state index contributed by atoms with van der Waals surface area (Å²) in [6.45, 7) is 2.04. The molecule has 0 nitrogen and oxygen atoms in total. The van der Waals surface area contributed by atoms with Crippen LogP contribution in [0.25, 0.3) is 0 Å². The molecular formula is C17H21F. The average Bonchev–Trinajstić information content (AvgIpc) is 2.41. The smallest absolute Gasteiger partial charge is 0.123 e.